The van der Waals surface area contributed by atoms with Crippen LogP contribution in [0.5, 0.6) is 5.75 Å². The molecule has 3 amide bonds. The molecule has 352 valence electrons. The highest BCUT2D eigenvalue weighted by Gasteiger charge is 2.39. The Hall–Kier alpha value is -5.71. The van der Waals surface area contributed by atoms with Crippen LogP contribution in [-0.4, -0.2) is 121 Å². The van der Waals surface area contributed by atoms with Crippen molar-refractivity contribution in [3.63, 3.8) is 0 Å². The van der Waals surface area contributed by atoms with Crippen LogP contribution in [0, 0.1) is 17.6 Å². The van der Waals surface area contributed by atoms with E-state index in [9.17, 15) is 18.9 Å². The van der Waals surface area contributed by atoms with Gasteiger partial charge in [-0.1, -0.05) is 25.1 Å². The molecule has 9 rings (SSSR count). The first-order valence-electron chi connectivity index (χ1n) is 22.7. The molecule has 0 saturated carbocycles. The molecule has 3 N–H and O–H groups in total. The quantitative estimate of drug-likeness (QED) is 0.0855. The Labute approximate surface area is 396 Å². The van der Waals surface area contributed by atoms with Crippen molar-refractivity contribution in [3.05, 3.63) is 88.2 Å². The number of carbonyl (C=O) groups excluding carboxylic acids is 3. The van der Waals surface area contributed by atoms with Gasteiger partial charge < -0.3 is 34.6 Å². The lowest BCUT2D eigenvalue weighted by molar-refractivity contribution is -0.138. The standard InChI is InChI=1S/C48H54BrF2N10O5P/c1-5-28-20-38(55-48-53-24-34(49)45(57-48)54-39-25-52-37-9-7-6-8-32(37)44(39)67(3,4)65)41(66-2)23-40(28)59-14-12-30(13-15-59)58-16-18-60(19-17-58)47(64)29-26-61(27-29)31-21-35(50)43(36(51)22-31)33-10-11-42(62)56-46(33)63/h6-9,20-25,29-30,33H,5,10-19,26-27H2,1-4H3,(H,56,62,63)(H2,53,54,55,57). The van der Waals surface area contributed by atoms with Gasteiger partial charge >= 0.3 is 0 Å². The van der Waals surface area contributed by atoms with Crippen LogP contribution in [0.3, 0.4) is 0 Å². The molecule has 0 radical (unpaired) electrons. The predicted molar refractivity (Wildman–Crippen MR) is 260 cm³/mol. The smallest absolute Gasteiger partial charge is 0.234 e. The Morgan fingerprint density at radius 3 is 2.30 bits per heavy atom. The zero-order valence-corrected chi connectivity index (χ0v) is 40.4. The van der Waals surface area contributed by atoms with E-state index in [0.717, 1.165) is 73.3 Å². The number of piperazine rings is 1. The zero-order valence-electron chi connectivity index (χ0n) is 38.0. The number of nitrogens with one attached hydrogen (secondary N) is 3. The van der Waals surface area contributed by atoms with E-state index in [0.29, 0.717) is 70.9 Å². The molecule has 5 aromatic rings. The average molecular weight is 1000 g/mol. The molecule has 67 heavy (non-hydrogen) atoms. The number of piperidine rings is 2. The maximum absolute atomic E-state index is 15.2. The summed E-state index contributed by atoms with van der Waals surface area (Å²) < 4.78 is 50.5. The molecular weight excluding hydrogens is 945 g/mol. The fraction of sp³-hybridized carbons (Fsp3) is 0.417. The summed E-state index contributed by atoms with van der Waals surface area (Å²) in [5, 5.41) is 10.4. The number of aromatic nitrogens is 3. The molecule has 0 aliphatic carbocycles. The van der Waals surface area contributed by atoms with E-state index in [1.165, 1.54) is 12.1 Å². The lowest BCUT2D eigenvalue weighted by Crippen LogP contribution is -2.59. The number of benzene rings is 3. The molecule has 1 unspecified atom stereocenters. The number of hydrogen-bond acceptors (Lipinski definition) is 13. The average Bonchev–Trinajstić information content (AvgIpc) is 3.29. The van der Waals surface area contributed by atoms with Gasteiger partial charge in [0.05, 0.1) is 46.5 Å². The number of imide groups is 1. The summed E-state index contributed by atoms with van der Waals surface area (Å²) in [6.45, 7) is 10.9. The monoisotopic (exact) mass is 998 g/mol. The molecule has 0 bridgehead atoms. The number of hydrogen-bond donors (Lipinski definition) is 3. The number of aryl methyl sites for hydroxylation is 1. The molecule has 4 fully saturated rings. The Bertz CT molecular complexity index is 2770. The first kappa shape index (κ1) is 46.4. The normalized spacial score (nSPS) is 18.8. The highest BCUT2D eigenvalue weighted by atomic mass is 79.9. The van der Waals surface area contributed by atoms with Crippen molar-refractivity contribution in [1.29, 1.82) is 0 Å². The Kier molecular flexibility index (Phi) is 13.2. The molecule has 4 saturated heterocycles. The van der Waals surface area contributed by atoms with E-state index in [1.54, 1.807) is 37.7 Å². The number of pyridine rings is 1. The number of nitrogens with zero attached hydrogens (tertiary/aromatic N) is 7. The molecular formula is C48H54BrF2N10O5P. The third-order valence-electron chi connectivity index (χ3n) is 13.5. The number of halogens is 3. The van der Waals surface area contributed by atoms with Gasteiger partial charge in [0.1, 0.15) is 30.3 Å². The maximum atomic E-state index is 15.2. The topological polar surface area (TPSA) is 165 Å². The maximum Gasteiger partial charge on any atom is 0.234 e. The van der Waals surface area contributed by atoms with Crippen molar-refractivity contribution >= 4 is 91.5 Å². The third-order valence-corrected chi connectivity index (χ3v) is 15.6. The minimum absolute atomic E-state index is 0.0262. The van der Waals surface area contributed by atoms with E-state index >= 15 is 8.78 Å². The van der Waals surface area contributed by atoms with E-state index in [2.05, 4.69) is 70.7 Å². The number of ether oxygens (including phenoxy) is 1. The van der Waals surface area contributed by atoms with Crippen LogP contribution >= 0.6 is 23.1 Å². The van der Waals surface area contributed by atoms with Crippen LogP contribution in [0.25, 0.3) is 10.9 Å². The summed E-state index contributed by atoms with van der Waals surface area (Å²) in [5.41, 5.74) is 4.41. The van der Waals surface area contributed by atoms with Gasteiger partial charge in [-0.3, -0.25) is 29.6 Å². The lowest BCUT2D eigenvalue weighted by atomic mass is 9.89. The molecule has 4 aliphatic rings. The number of carbonyl (C=O) groups is 3. The zero-order chi connectivity index (χ0) is 47.1. The van der Waals surface area contributed by atoms with Gasteiger partial charge in [0.2, 0.25) is 23.7 Å². The van der Waals surface area contributed by atoms with Crippen LogP contribution in [0.4, 0.5) is 43.3 Å². The molecule has 6 heterocycles. The van der Waals surface area contributed by atoms with Crippen LogP contribution in [-0.2, 0) is 25.4 Å². The molecule has 1 atom stereocenters. The number of anilines is 6. The highest BCUT2D eigenvalue weighted by molar-refractivity contribution is 9.10. The Balaban J connectivity index is 0.786. The van der Waals surface area contributed by atoms with Gasteiger partial charge in [-0.25, -0.2) is 13.8 Å². The number of para-hydroxylation sites is 1. The Morgan fingerprint density at radius 1 is 0.910 bits per heavy atom. The second-order valence-corrected chi connectivity index (χ2v) is 22.1. The molecule has 19 heteroatoms. The summed E-state index contributed by atoms with van der Waals surface area (Å²) in [5.74, 6) is -2.54. The van der Waals surface area contributed by atoms with Crippen molar-refractivity contribution in [3.8, 4) is 5.75 Å². The molecule has 2 aromatic heterocycles. The van der Waals surface area contributed by atoms with Crippen molar-refractivity contribution < 1.29 is 32.5 Å². The van der Waals surface area contributed by atoms with Crippen molar-refractivity contribution in [2.75, 3.05) is 93.2 Å². The third kappa shape index (κ3) is 9.57. The largest absolute Gasteiger partial charge is 0.494 e. The first-order valence-corrected chi connectivity index (χ1v) is 26.1. The van der Waals surface area contributed by atoms with Gasteiger partial charge in [0.25, 0.3) is 0 Å². The predicted octanol–water partition coefficient (Wildman–Crippen LogP) is 7.14. The van der Waals surface area contributed by atoms with Gasteiger partial charge in [-0.2, -0.15) is 4.98 Å². The summed E-state index contributed by atoms with van der Waals surface area (Å²) in [7, 11) is -1.08. The number of rotatable bonds is 12. The molecule has 3 aromatic carbocycles. The van der Waals surface area contributed by atoms with E-state index in [-0.39, 0.29) is 30.2 Å². The van der Waals surface area contributed by atoms with Crippen molar-refractivity contribution in [1.82, 2.24) is 30.1 Å². The summed E-state index contributed by atoms with van der Waals surface area (Å²) >= 11 is 3.59. The second kappa shape index (κ2) is 19.1. The second-order valence-electron chi connectivity index (χ2n) is 18.1. The van der Waals surface area contributed by atoms with Gasteiger partial charge in [0, 0.05) is 105 Å². The van der Waals surface area contributed by atoms with Crippen LogP contribution in [0.2, 0.25) is 0 Å². The van der Waals surface area contributed by atoms with E-state index < -0.39 is 36.5 Å². The lowest BCUT2D eigenvalue weighted by Gasteiger charge is -2.46. The fourth-order valence-corrected chi connectivity index (χ4v) is 11.7. The van der Waals surface area contributed by atoms with Crippen LogP contribution in [0.1, 0.15) is 49.7 Å². The summed E-state index contributed by atoms with van der Waals surface area (Å²) in [6.07, 6.45) is 6.20. The fourth-order valence-electron chi connectivity index (χ4n) is 9.96. The Morgan fingerprint density at radius 2 is 1.63 bits per heavy atom. The summed E-state index contributed by atoms with van der Waals surface area (Å²) in [4.78, 5) is 59.9. The van der Waals surface area contributed by atoms with Crippen LogP contribution < -0.4 is 35.8 Å². The van der Waals surface area contributed by atoms with Crippen molar-refractivity contribution in [2.45, 2.75) is 51.0 Å². The van der Waals surface area contributed by atoms with Crippen molar-refractivity contribution in [2.24, 2.45) is 5.92 Å². The van der Waals surface area contributed by atoms with Gasteiger partial charge in [-0.05, 0) is 84.8 Å². The highest BCUT2D eigenvalue weighted by Crippen LogP contribution is 2.42. The SMILES string of the molecule is CCc1cc(Nc2ncc(Br)c(Nc3cnc4ccccc4c3P(C)(C)=O)n2)c(OC)cc1N1CCC(N2CCN(C(=O)C3CN(c4cc(F)c(C5CCC(=O)NC5=O)c(F)c4)C3)CC2)CC1. The molecule has 4 aliphatic heterocycles. The first-order chi connectivity index (χ1) is 32.2. The minimum Gasteiger partial charge on any atom is -0.494 e. The van der Waals surface area contributed by atoms with Gasteiger partial charge in [-0.15, -0.1) is 0 Å². The van der Waals surface area contributed by atoms with Gasteiger partial charge in [0.15, 0.2) is 0 Å². The number of amides is 3. The molecule has 0 spiro atoms. The van der Waals surface area contributed by atoms with E-state index in [4.69, 9.17) is 9.72 Å². The number of methoxy groups -OCH3 is 1. The summed E-state index contributed by atoms with van der Waals surface area (Å²) in [6, 6.07) is 14.7. The van der Waals surface area contributed by atoms with E-state index in [1.807, 2.05) is 29.2 Å². The number of fused-ring (bicyclic) bond motifs is 1. The molecule has 15 nitrogen and oxygen atoms in total. The minimum atomic E-state index is -2.73. The van der Waals surface area contributed by atoms with Crippen LogP contribution in [0.15, 0.2) is 65.4 Å².